The van der Waals surface area contributed by atoms with Crippen molar-refractivity contribution in [3.63, 3.8) is 0 Å². The van der Waals surface area contributed by atoms with Gasteiger partial charge in [0.15, 0.2) is 0 Å². The predicted molar refractivity (Wildman–Crippen MR) is 81.9 cm³/mol. The van der Waals surface area contributed by atoms with E-state index in [1.807, 2.05) is 18.2 Å². The van der Waals surface area contributed by atoms with E-state index in [4.69, 9.17) is 16.0 Å². The van der Waals surface area contributed by atoms with Crippen molar-refractivity contribution in [1.82, 2.24) is 10.1 Å². The summed E-state index contributed by atoms with van der Waals surface area (Å²) in [5, 5.41) is 4.38. The van der Waals surface area contributed by atoms with Crippen LogP contribution < -0.4 is 10.1 Å². The number of carbonyl (C=O) groups excluding carboxylic acids is 1. The van der Waals surface area contributed by atoms with E-state index >= 15 is 0 Å². The summed E-state index contributed by atoms with van der Waals surface area (Å²) in [5.74, 6) is 1.16. The number of halogens is 1. The van der Waals surface area contributed by atoms with Crippen LogP contribution in [0.25, 0.3) is 11.3 Å². The lowest BCUT2D eigenvalue weighted by molar-refractivity contribution is 0.247. The van der Waals surface area contributed by atoms with Gasteiger partial charge >= 0.3 is 6.03 Å². The number of benzene rings is 1. The second kappa shape index (κ2) is 7.02. The molecule has 0 bridgehead atoms. The molecular formula is C13H12ClN3O2S. The quantitative estimate of drug-likeness (QED) is 0.516. The minimum absolute atomic E-state index is 0.397. The van der Waals surface area contributed by atoms with Gasteiger partial charge in [-0.2, -0.15) is 5.10 Å². The summed E-state index contributed by atoms with van der Waals surface area (Å²) in [5.41, 5.74) is 3.11. The summed E-state index contributed by atoms with van der Waals surface area (Å²) in [6, 6.07) is 10.5. The van der Waals surface area contributed by atoms with Crippen LogP contribution in [0, 0.1) is 0 Å². The molecule has 104 valence electrons. The van der Waals surface area contributed by atoms with Crippen LogP contribution in [-0.2, 0) is 0 Å². The summed E-state index contributed by atoms with van der Waals surface area (Å²) in [6.45, 7) is 0. The lowest BCUT2D eigenvalue weighted by Gasteiger charge is -1.99. The monoisotopic (exact) mass is 309 g/mol. The molecular weight excluding hydrogens is 298 g/mol. The minimum Gasteiger partial charge on any atom is -0.455 e. The van der Waals surface area contributed by atoms with Crippen molar-refractivity contribution in [3.8, 4) is 11.3 Å². The van der Waals surface area contributed by atoms with Gasteiger partial charge in [0, 0.05) is 11.8 Å². The number of urea groups is 1. The molecule has 0 aliphatic carbocycles. The first kappa shape index (κ1) is 14.5. The van der Waals surface area contributed by atoms with Gasteiger partial charge in [-0.25, -0.2) is 10.2 Å². The molecule has 0 radical (unpaired) electrons. The Labute approximate surface area is 125 Å². The molecule has 20 heavy (non-hydrogen) atoms. The molecule has 0 fully saturated rings. The van der Waals surface area contributed by atoms with Gasteiger partial charge in [0.2, 0.25) is 0 Å². The van der Waals surface area contributed by atoms with E-state index in [-0.39, 0.29) is 0 Å². The Morgan fingerprint density at radius 1 is 1.35 bits per heavy atom. The second-order valence-electron chi connectivity index (χ2n) is 3.69. The van der Waals surface area contributed by atoms with Gasteiger partial charge in [-0.15, -0.1) is 0 Å². The van der Waals surface area contributed by atoms with Gasteiger partial charge in [-0.1, -0.05) is 35.7 Å². The van der Waals surface area contributed by atoms with Crippen molar-refractivity contribution >= 4 is 35.8 Å². The Morgan fingerprint density at radius 3 is 2.90 bits per heavy atom. The van der Waals surface area contributed by atoms with Crippen molar-refractivity contribution in [2.75, 3.05) is 6.26 Å². The van der Waals surface area contributed by atoms with E-state index in [2.05, 4.69) is 15.2 Å². The number of hydrazone groups is 1. The first-order valence-corrected chi connectivity index (χ1v) is 7.27. The molecule has 5 nitrogen and oxygen atoms in total. The maximum atomic E-state index is 11.1. The summed E-state index contributed by atoms with van der Waals surface area (Å²) < 4.78 is 8.06. The molecule has 0 saturated carbocycles. The molecule has 2 N–H and O–H groups in total. The third kappa shape index (κ3) is 3.79. The summed E-state index contributed by atoms with van der Waals surface area (Å²) in [7, 11) is 0. The Balaban J connectivity index is 2.05. The Hall–Kier alpha value is -1.92. The van der Waals surface area contributed by atoms with E-state index in [0.29, 0.717) is 16.5 Å². The van der Waals surface area contributed by atoms with Crippen molar-refractivity contribution in [2.24, 2.45) is 5.10 Å². The molecule has 7 heteroatoms. The van der Waals surface area contributed by atoms with E-state index in [1.165, 1.54) is 18.2 Å². The number of hydrogen-bond acceptors (Lipinski definition) is 4. The third-order valence-corrected chi connectivity index (χ3v) is 3.04. The fourth-order valence-electron chi connectivity index (χ4n) is 1.50. The standard InChI is InChI=1S/C13H12ClN3O2S/c1-20-17-13(18)16-15-8-9-6-7-12(19-9)10-4-2-3-5-11(10)14/h2-8H,1H3,(H2,16,17,18)/b15-8+. The molecule has 0 unspecified atom stereocenters. The number of nitrogens with one attached hydrogen (secondary N) is 2. The van der Waals surface area contributed by atoms with Crippen LogP contribution in [-0.4, -0.2) is 18.5 Å². The summed E-state index contributed by atoms with van der Waals surface area (Å²) in [4.78, 5) is 11.1. The highest BCUT2D eigenvalue weighted by Crippen LogP contribution is 2.28. The van der Waals surface area contributed by atoms with Crippen LogP contribution in [0.5, 0.6) is 0 Å². The van der Waals surface area contributed by atoms with Gasteiger partial charge in [0.25, 0.3) is 0 Å². The van der Waals surface area contributed by atoms with Crippen molar-refractivity contribution in [2.45, 2.75) is 0 Å². The topological polar surface area (TPSA) is 66.6 Å². The highest BCUT2D eigenvalue weighted by molar-refractivity contribution is 7.97. The van der Waals surface area contributed by atoms with Gasteiger partial charge < -0.3 is 4.42 Å². The van der Waals surface area contributed by atoms with E-state index in [0.717, 1.165) is 5.56 Å². The van der Waals surface area contributed by atoms with Crippen LogP contribution >= 0.6 is 23.5 Å². The van der Waals surface area contributed by atoms with Crippen molar-refractivity contribution in [3.05, 3.63) is 47.2 Å². The maximum absolute atomic E-state index is 11.1. The molecule has 2 aromatic rings. The highest BCUT2D eigenvalue weighted by Gasteiger charge is 2.06. The number of carbonyl (C=O) groups is 1. The van der Waals surface area contributed by atoms with Gasteiger partial charge in [0.1, 0.15) is 11.5 Å². The summed E-state index contributed by atoms with van der Waals surface area (Å²) in [6.07, 6.45) is 3.16. The Bertz CT molecular complexity index is 628. The number of nitrogens with zero attached hydrogens (tertiary/aromatic N) is 1. The SMILES string of the molecule is CSNC(=O)N/N=C/c1ccc(-c2ccccc2Cl)o1. The highest BCUT2D eigenvalue weighted by atomic mass is 35.5. The molecule has 2 rings (SSSR count). The second-order valence-corrected chi connectivity index (χ2v) is 4.71. The van der Waals surface area contributed by atoms with E-state index in [1.54, 1.807) is 24.5 Å². The number of rotatable bonds is 4. The number of amides is 2. The Morgan fingerprint density at radius 2 is 2.15 bits per heavy atom. The van der Waals surface area contributed by atoms with Crippen LogP contribution in [0.1, 0.15) is 5.76 Å². The van der Waals surface area contributed by atoms with Crippen LogP contribution in [0.2, 0.25) is 5.02 Å². The van der Waals surface area contributed by atoms with Gasteiger partial charge in [0.05, 0.1) is 11.2 Å². The molecule has 0 aliphatic heterocycles. The van der Waals surface area contributed by atoms with E-state index in [9.17, 15) is 4.79 Å². The Kier molecular flexibility index (Phi) is 5.09. The average molecular weight is 310 g/mol. The number of furan rings is 1. The summed E-state index contributed by atoms with van der Waals surface area (Å²) >= 11 is 7.27. The minimum atomic E-state index is -0.397. The lowest BCUT2D eigenvalue weighted by Crippen LogP contribution is -2.26. The average Bonchev–Trinajstić information content (AvgIpc) is 2.88. The molecule has 0 aliphatic rings. The first-order valence-electron chi connectivity index (χ1n) is 5.67. The van der Waals surface area contributed by atoms with Crippen LogP contribution in [0.3, 0.4) is 0 Å². The largest absolute Gasteiger partial charge is 0.455 e. The normalized spacial score (nSPS) is 10.7. The number of hydrogen-bond donors (Lipinski definition) is 2. The molecule has 1 heterocycles. The van der Waals surface area contributed by atoms with Crippen LogP contribution in [0.15, 0.2) is 45.9 Å². The fourth-order valence-corrected chi connectivity index (χ4v) is 1.96. The smallest absolute Gasteiger partial charge is 0.345 e. The molecule has 0 spiro atoms. The molecule has 2 amide bonds. The molecule has 1 aromatic carbocycles. The van der Waals surface area contributed by atoms with Crippen LogP contribution in [0.4, 0.5) is 4.79 Å². The zero-order chi connectivity index (χ0) is 14.4. The lowest BCUT2D eigenvalue weighted by atomic mass is 10.2. The van der Waals surface area contributed by atoms with Crippen molar-refractivity contribution in [1.29, 1.82) is 0 Å². The fraction of sp³-hybridized carbons (Fsp3) is 0.0769. The maximum Gasteiger partial charge on any atom is 0.345 e. The zero-order valence-corrected chi connectivity index (χ0v) is 12.2. The van der Waals surface area contributed by atoms with Gasteiger partial charge in [-0.3, -0.25) is 4.72 Å². The molecule has 0 saturated heterocycles. The van der Waals surface area contributed by atoms with E-state index < -0.39 is 6.03 Å². The molecule has 0 atom stereocenters. The first-order chi connectivity index (χ1) is 9.70. The predicted octanol–water partition coefficient (Wildman–Crippen LogP) is 3.51. The van der Waals surface area contributed by atoms with Gasteiger partial charge in [-0.05, 0) is 24.3 Å². The van der Waals surface area contributed by atoms with Crippen molar-refractivity contribution < 1.29 is 9.21 Å². The molecule has 1 aromatic heterocycles. The zero-order valence-electron chi connectivity index (χ0n) is 10.6. The third-order valence-electron chi connectivity index (χ3n) is 2.32.